The Labute approximate surface area is 189 Å². The minimum atomic E-state index is -0.435. The largest absolute Gasteiger partial charge is 0.506 e. The average molecular weight is 446 g/mol. The summed E-state index contributed by atoms with van der Waals surface area (Å²) in [4.78, 5) is 15.2. The normalized spacial score (nSPS) is 16.2. The van der Waals surface area contributed by atoms with Gasteiger partial charge in [-0.25, -0.2) is 0 Å². The Bertz CT molecular complexity index is 835. The molecule has 31 heavy (non-hydrogen) atoms. The highest BCUT2D eigenvalue weighted by Gasteiger charge is 2.42. The molecule has 0 atom stereocenters. The Balaban J connectivity index is 1.50. The first-order valence-corrected chi connectivity index (χ1v) is 11.4. The molecule has 5 nitrogen and oxygen atoms in total. The predicted molar refractivity (Wildman–Crippen MR) is 122 cm³/mol. The van der Waals surface area contributed by atoms with Crippen molar-refractivity contribution in [2.75, 3.05) is 26.3 Å². The molecule has 1 saturated heterocycles. The number of rotatable bonds is 10. The number of piperidine rings is 1. The Kier molecular flexibility index (Phi) is 8.76. The third-order valence-electron chi connectivity index (χ3n) is 6.00. The van der Waals surface area contributed by atoms with Crippen LogP contribution in [0.3, 0.4) is 0 Å². The van der Waals surface area contributed by atoms with E-state index in [0.717, 1.165) is 56.4 Å². The summed E-state index contributed by atoms with van der Waals surface area (Å²) in [6.45, 7) is 5.88. The topological polar surface area (TPSA) is 59.0 Å². The van der Waals surface area contributed by atoms with Crippen LogP contribution in [-0.2, 0) is 27.4 Å². The first-order chi connectivity index (χ1) is 15.0. The van der Waals surface area contributed by atoms with Crippen molar-refractivity contribution in [3.05, 3.63) is 64.7 Å². The van der Waals surface area contributed by atoms with Crippen LogP contribution >= 0.6 is 11.6 Å². The SMILES string of the molecule is CCOC(=O)C1(CCCOCc2ccccc2)CCN(Cc2ccc(O)c(Cl)c2)CC1. The zero-order chi connectivity index (χ0) is 22.1. The van der Waals surface area contributed by atoms with Gasteiger partial charge >= 0.3 is 5.97 Å². The molecule has 0 radical (unpaired) electrons. The van der Waals surface area contributed by atoms with Gasteiger partial charge in [-0.2, -0.15) is 0 Å². The van der Waals surface area contributed by atoms with Gasteiger partial charge in [-0.1, -0.05) is 48.0 Å². The monoisotopic (exact) mass is 445 g/mol. The van der Waals surface area contributed by atoms with Crippen molar-refractivity contribution in [2.45, 2.75) is 45.8 Å². The van der Waals surface area contributed by atoms with Crippen LogP contribution in [0, 0.1) is 5.41 Å². The summed E-state index contributed by atoms with van der Waals surface area (Å²) >= 11 is 6.03. The van der Waals surface area contributed by atoms with Crippen LogP contribution < -0.4 is 0 Å². The van der Waals surface area contributed by atoms with Crippen LogP contribution in [0.15, 0.2) is 48.5 Å². The van der Waals surface area contributed by atoms with E-state index in [1.807, 2.05) is 31.2 Å². The van der Waals surface area contributed by atoms with Crippen molar-refractivity contribution in [3.8, 4) is 5.75 Å². The molecule has 3 rings (SSSR count). The molecule has 1 N–H and O–H groups in total. The molecular formula is C25H32ClNO4. The highest BCUT2D eigenvalue weighted by molar-refractivity contribution is 6.32. The number of ether oxygens (including phenoxy) is 2. The van der Waals surface area contributed by atoms with Crippen LogP contribution in [0.25, 0.3) is 0 Å². The van der Waals surface area contributed by atoms with E-state index in [9.17, 15) is 9.90 Å². The van der Waals surface area contributed by atoms with E-state index in [0.29, 0.717) is 24.8 Å². The lowest BCUT2D eigenvalue weighted by Crippen LogP contribution is -2.45. The van der Waals surface area contributed by atoms with Crippen LogP contribution in [-0.4, -0.2) is 42.3 Å². The first-order valence-electron chi connectivity index (χ1n) is 11.0. The molecule has 1 heterocycles. The summed E-state index contributed by atoms with van der Waals surface area (Å²) < 4.78 is 11.3. The number of esters is 1. The molecular weight excluding hydrogens is 414 g/mol. The van der Waals surface area contributed by atoms with Crippen LogP contribution in [0.2, 0.25) is 5.02 Å². The molecule has 1 fully saturated rings. The zero-order valence-electron chi connectivity index (χ0n) is 18.2. The fourth-order valence-electron chi connectivity index (χ4n) is 4.16. The van der Waals surface area contributed by atoms with E-state index in [2.05, 4.69) is 17.0 Å². The van der Waals surface area contributed by atoms with Crippen molar-refractivity contribution in [2.24, 2.45) is 5.41 Å². The number of nitrogens with zero attached hydrogens (tertiary/aromatic N) is 1. The Morgan fingerprint density at radius 3 is 2.55 bits per heavy atom. The van der Waals surface area contributed by atoms with E-state index < -0.39 is 5.41 Å². The van der Waals surface area contributed by atoms with Crippen LogP contribution in [0.4, 0.5) is 0 Å². The molecule has 2 aromatic rings. The van der Waals surface area contributed by atoms with Crippen molar-refractivity contribution >= 4 is 17.6 Å². The minimum absolute atomic E-state index is 0.0783. The van der Waals surface area contributed by atoms with Gasteiger partial charge in [0.2, 0.25) is 0 Å². The van der Waals surface area contributed by atoms with Gasteiger partial charge in [0.1, 0.15) is 5.75 Å². The van der Waals surface area contributed by atoms with Gasteiger partial charge in [-0.3, -0.25) is 9.69 Å². The Morgan fingerprint density at radius 1 is 1.13 bits per heavy atom. The van der Waals surface area contributed by atoms with Gasteiger partial charge < -0.3 is 14.6 Å². The number of aromatic hydroxyl groups is 1. The third kappa shape index (κ3) is 6.70. The average Bonchev–Trinajstić information content (AvgIpc) is 2.78. The second kappa shape index (κ2) is 11.5. The molecule has 1 aliphatic heterocycles. The van der Waals surface area contributed by atoms with Gasteiger partial charge in [-0.05, 0) is 69.0 Å². The number of benzene rings is 2. The second-order valence-corrected chi connectivity index (χ2v) is 8.61. The molecule has 1 aliphatic rings. The third-order valence-corrected chi connectivity index (χ3v) is 6.30. The smallest absolute Gasteiger partial charge is 0.312 e. The predicted octanol–water partition coefficient (Wildman–Crippen LogP) is 5.19. The molecule has 0 aliphatic carbocycles. The summed E-state index contributed by atoms with van der Waals surface area (Å²) in [6.07, 6.45) is 3.16. The minimum Gasteiger partial charge on any atom is -0.506 e. The molecule has 168 valence electrons. The van der Waals surface area contributed by atoms with Gasteiger partial charge in [0.15, 0.2) is 0 Å². The first kappa shape index (κ1) is 23.6. The second-order valence-electron chi connectivity index (χ2n) is 8.20. The summed E-state index contributed by atoms with van der Waals surface area (Å²) in [5, 5.41) is 9.97. The number of carbonyl (C=O) groups is 1. The summed E-state index contributed by atoms with van der Waals surface area (Å²) in [5.74, 6) is 0.0188. The maximum Gasteiger partial charge on any atom is 0.312 e. The highest BCUT2D eigenvalue weighted by atomic mass is 35.5. The van der Waals surface area contributed by atoms with Crippen molar-refractivity contribution in [3.63, 3.8) is 0 Å². The Hall–Kier alpha value is -2.08. The van der Waals surface area contributed by atoms with E-state index >= 15 is 0 Å². The lowest BCUT2D eigenvalue weighted by Gasteiger charge is -2.40. The number of carbonyl (C=O) groups excluding carboxylic acids is 1. The molecule has 0 aromatic heterocycles. The number of phenols is 1. The standard InChI is InChI=1S/C25H32ClNO4/c1-2-31-24(29)25(11-6-16-30-19-20-7-4-3-5-8-20)12-14-27(15-13-25)18-21-9-10-23(28)22(26)17-21/h3-5,7-10,17,28H,2,6,11-16,18-19H2,1H3. The van der Waals surface area contributed by atoms with Crippen LogP contribution in [0.1, 0.15) is 43.7 Å². The number of hydrogen-bond acceptors (Lipinski definition) is 5. The molecule has 0 saturated carbocycles. The lowest BCUT2D eigenvalue weighted by atomic mass is 9.74. The van der Waals surface area contributed by atoms with E-state index in [4.69, 9.17) is 21.1 Å². The molecule has 0 unspecified atom stereocenters. The van der Waals surface area contributed by atoms with E-state index in [1.165, 1.54) is 0 Å². The molecule has 6 heteroatoms. The van der Waals surface area contributed by atoms with Gasteiger partial charge in [0.25, 0.3) is 0 Å². The zero-order valence-corrected chi connectivity index (χ0v) is 18.9. The maximum atomic E-state index is 12.8. The van der Waals surface area contributed by atoms with E-state index in [-0.39, 0.29) is 11.7 Å². The lowest BCUT2D eigenvalue weighted by molar-refractivity contribution is -0.159. The molecule has 0 amide bonds. The van der Waals surface area contributed by atoms with Gasteiger partial charge in [-0.15, -0.1) is 0 Å². The molecule has 0 bridgehead atoms. The fraction of sp³-hybridized carbons (Fsp3) is 0.480. The molecule has 2 aromatic carbocycles. The summed E-state index contributed by atoms with van der Waals surface area (Å²) in [5.41, 5.74) is 1.78. The van der Waals surface area contributed by atoms with Gasteiger partial charge in [0.05, 0.1) is 23.7 Å². The van der Waals surface area contributed by atoms with Crippen molar-refractivity contribution in [1.29, 1.82) is 0 Å². The number of halogens is 1. The quantitative estimate of drug-likeness (QED) is 0.403. The summed E-state index contributed by atoms with van der Waals surface area (Å²) in [6, 6.07) is 15.4. The highest BCUT2D eigenvalue weighted by Crippen LogP contribution is 2.38. The number of likely N-dealkylation sites (tertiary alicyclic amines) is 1. The van der Waals surface area contributed by atoms with Crippen molar-refractivity contribution < 1.29 is 19.4 Å². The number of phenolic OH excluding ortho intramolecular Hbond substituents is 1. The Morgan fingerprint density at radius 2 is 1.87 bits per heavy atom. The maximum absolute atomic E-state index is 12.8. The summed E-state index contributed by atoms with van der Waals surface area (Å²) in [7, 11) is 0. The van der Waals surface area contributed by atoms with Crippen LogP contribution in [0.5, 0.6) is 5.75 Å². The van der Waals surface area contributed by atoms with Gasteiger partial charge in [0, 0.05) is 13.2 Å². The van der Waals surface area contributed by atoms with Crippen molar-refractivity contribution in [1.82, 2.24) is 4.90 Å². The fourth-order valence-corrected chi connectivity index (χ4v) is 4.37. The molecule has 0 spiro atoms. The number of hydrogen-bond donors (Lipinski definition) is 1. The van der Waals surface area contributed by atoms with E-state index in [1.54, 1.807) is 12.1 Å².